The number of rotatable bonds is 9. The number of aromatic nitrogens is 1. The van der Waals surface area contributed by atoms with E-state index in [1.165, 1.54) is 30.5 Å². The number of halogens is 2. The minimum Gasteiger partial charge on any atom is -0.497 e. The lowest BCUT2D eigenvalue weighted by molar-refractivity contribution is 0.282. The zero-order valence-electron chi connectivity index (χ0n) is 24.7. The fraction of sp³-hybridized carbons (Fsp3) is 0.258. The molecule has 2 heterocycles. The maximum atomic E-state index is 14.0. The van der Waals surface area contributed by atoms with Crippen LogP contribution >= 0.6 is 11.6 Å². The SMILES string of the molecule is [2H]C(Nc1cc(Cl)c2ncc(C#N)c(NCC(C)(C)C)c2c1)(C1=NNNN1Cc1ccc(OC)cc1)c1ccc(F)cc1. The van der Waals surface area contributed by atoms with Crippen LogP contribution in [0.2, 0.25) is 5.02 Å². The van der Waals surface area contributed by atoms with E-state index >= 15 is 0 Å². The fourth-order valence-corrected chi connectivity index (χ4v) is 4.72. The average molecular weight is 588 g/mol. The van der Waals surface area contributed by atoms with Crippen LogP contribution in [0.3, 0.4) is 0 Å². The summed E-state index contributed by atoms with van der Waals surface area (Å²) < 4.78 is 29.0. The maximum Gasteiger partial charge on any atom is 0.169 e. The third-order valence-corrected chi connectivity index (χ3v) is 6.86. The number of ether oxygens (including phenoxy) is 1. The lowest BCUT2D eigenvalue weighted by Gasteiger charge is -2.27. The summed E-state index contributed by atoms with van der Waals surface area (Å²) in [5, 5.41) is 23.6. The summed E-state index contributed by atoms with van der Waals surface area (Å²) in [6.45, 7) is 7.23. The topological polar surface area (TPSA) is 110 Å². The molecule has 9 nitrogen and oxygen atoms in total. The molecule has 0 bridgehead atoms. The molecular formula is C31H32ClFN8O. The predicted molar refractivity (Wildman–Crippen MR) is 164 cm³/mol. The van der Waals surface area contributed by atoms with Gasteiger partial charge >= 0.3 is 0 Å². The first kappa shape index (κ1) is 27.6. The first-order chi connectivity index (χ1) is 20.5. The van der Waals surface area contributed by atoms with Crippen molar-refractivity contribution in [3.63, 3.8) is 0 Å². The van der Waals surface area contributed by atoms with Gasteiger partial charge in [-0.15, -0.1) is 10.6 Å². The van der Waals surface area contributed by atoms with Crippen LogP contribution in [-0.2, 0) is 6.54 Å². The van der Waals surface area contributed by atoms with E-state index < -0.39 is 11.8 Å². The molecule has 1 aliphatic heterocycles. The molecule has 0 fully saturated rings. The number of benzene rings is 3. The smallest absolute Gasteiger partial charge is 0.169 e. The number of nitrogens with zero attached hydrogens (tertiary/aromatic N) is 4. The summed E-state index contributed by atoms with van der Waals surface area (Å²) in [6, 6.07) is 17.2. The molecule has 0 radical (unpaired) electrons. The summed E-state index contributed by atoms with van der Waals surface area (Å²) >= 11 is 6.74. The van der Waals surface area contributed by atoms with E-state index in [9.17, 15) is 11.0 Å². The molecule has 0 saturated carbocycles. The van der Waals surface area contributed by atoms with Crippen LogP contribution < -0.4 is 26.4 Å². The standard InChI is InChI=1S/C31H32ClFN8O/c1-31(2,3)18-36-27-21(15-34)16-35-29-25(27)13-23(14-26(29)32)37-28(20-7-9-22(33)10-8-20)30-38-39-40-41(30)17-19-5-11-24(42-4)12-6-19/h5-14,16,28,37,39-40H,17-18H2,1-4H3,(H,35,36)/i28D. The van der Waals surface area contributed by atoms with E-state index in [0.29, 0.717) is 51.5 Å². The number of hydrazone groups is 1. The second kappa shape index (κ2) is 12.1. The van der Waals surface area contributed by atoms with Gasteiger partial charge in [0.15, 0.2) is 5.84 Å². The summed E-state index contributed by atoms with van der Waals surface area (Å²) in [5.41, 5.74) is 9.02. The first-order valence-corrected chi connectivity index (χ1v) is 13.7. The highest BCUT2D eigenvalue weighted by molar-refractivity contribution is 6.35. The van der Waals surface area contributed by atoms with Crippen molar-refractivity contribution in [1.82, 2.24) is 21.1 Å². The Labute approximate surface area is 250 Å². The largest absolute Gasteiger partial charge is 0.497 e. The van der Waals surface area contributed by atoms with Crippen molar-refractivity contribution in [2.45, 2.75) is 33.3 Å². The molecule has 11 heteroatoms. The molecule has 1 aliphatic rings. The van der Waals surface area contributed by atoms with Crippen molar-refractivity contribution in [1.29, 1.82) is 5.26 Å². The Morgan fingerprint density at radius 3 is 2.57 bits per heavy atom. The van der Waals surface area contributed by atoms with E-state index in [2.05, 4.69) is 58.6 Å². The molecule has 0 amide bonds. The molecular weight excluding hydrogens is 555 g/mol. The van der Waals surface area contributed by atoms with Gasteiger partial charge in [0.05, 0.1) is 36.8 Å². The van der Waals surface area contributed by atoms with Gasteiger partial charge in [-0.1, -0.05) is 56.6 Å². The Bertz CT molecular complexity index is 1700. The van der Waals surface area contributed by atoms with Crippen molar-refractivity contribution in [2.75, 3.05) is 24.3 Å². The minimum absolute atomic E-state index is 0.0607. The van der Waals surface area contributed by atoms with Crippen LogP contribution in [0.15, 0.2) is 72.0 Å². The third-order valence-electron chi connectivity index (χ3n) is 6.57. The van der Waals surface area contributed by atoms with Gasteiger partial charge in [-0.25, -0.2) is 9.93 Å². The number of methoxy groups -OCH3 is 1. The molecule has 1 unspecified atom stereocenters. The quantitative estimate of drug-likeness (QED) is 0.179. The number of amidine groups is 1. The van der Waals surface area contributed by atoms with Crippen molar-refractivity contribution >= 4 is 39.7 Å². The highest BCUT2D eigenvalue weighted by Crippen LogP contribution is 2.35. The minimum atomic E-state index is -1.72. The molecule has 0 spiro atoms. The predicted octanol–water partition coefficient (Wildman–Crippen LogP) is 6.36. The number of pyridine rings is 1. The zero-order valence-corrected chi connectivity index (χ0v) is 24.5. The van der Waals surface area contributed by atoms with Crippen molar-refractivity contribution < 1.29 is 10.5 Å². The van der Waals surface area contributed by atoms with Crippen LogP contribution in [0.1, 0.15) is 44.9 Å². The van der Waals surface area contributed by atoms with Crippen molar-refractivity contribution in [2.24, 2.45) is 10.5 Å². The van der Waals surface area contributed by atoms with E-state index in [1.807, 2.05) is 24.3 Å². The second-order valence-corrected chi connectivity index (χ2v) is 11.4. The molecule has 0 saturated heterocycles. The van der Waals surface area contributed by atoms with Crippen LogP contribution in [0.5, 0.6) is 5.75 Å². The van der Waals surface area contributed by atoms with E-state index in [0.717, 1.165) is 11.3 Å². The lowest BCUT2D eigenvalue weighted by Crippen LogP contribution is -2.43. The Morgan fingerprint density at radius 1 is 1.17 bits per heavy atom. The average Bonchev–Trinajstić information content (AvgIpc) is 3.45. The Morgan fingerprint density at radius 2 is 1.90 bits per heavy atom. The van der Waals surface area contributed by atoms with Crippen molar-refractivity contribution in [3.8, 4) is 11.8 Å². The van der Waals surface area contributed by atoms with Gasteiger partial charge in [0.1, 0.15) is 23.7 Å². The van der Waals surface area contributed by atoms with Gasteiger partial charge in [0.2, 0.25) is 0 Å². The lowest BCUT2D eigenvalue weighted by atomic mass is 9.96. The Hall–Kier alpha value is -4.59. The number of hydrogen-bond acceptors (Lipinski definition) is 9. The van der Waals surface area contributed by atoms with Gasteiger partial charge in [0, 0.05) is 23.8 Å². The molecule has 42 heavy (non-hydrogen) atoms. The van der Waals surface area contributed by atoms with Gasteiger partial charge in [-0.3, -0.25) is 9.99 Å². The van der Waals surface area contributed by atoms with Crippen LogP contribution in [0, 0.1) is 22.6 Å². The number of hydrazine groups is 2. The van der Waals surface area contributed by atoms with Gasteiger partial charge < -0.3 is 15.4 Å². The van der Waals surface area contributed by atoms with E-state index in [1.54, 1.807) is 24.3 Å². The van der Waals surface area contributed by atoms with Gasteiger partial charge in [-0.05, 0) is 52.9 Å². The van der Waals surface area contributed by atoms with Crippen LogP contribution in [0.25, 0.3) is 10.9 Å². The highest BCUT2D eigenvalue weighted by Gasteiger charge is 2.28. The van der Waals surface area contributed by atoms with E-state index in [4.69, 9.17) is 16.3 Å². The van der Waals surface area contributed by atoms with E-state index in [-0.39, 0.29) is 11.3 Å². The number of nitriles is 1. The van der Waals surface area contributed by atoms with Gasteiger partial charge in [0.25, 0.3) is 0 Å². The first-order valence-electron chi connectivity index (χ1n) is 13.8. The van der Waals surface area contributed by atoms with Gasteiger partial charge in [-0.2, -0.15) is 5.26 Å². The normalized spacial score (nSPS) is 14.8. The highest BCUT2D eigenvalue weighted by atomic mass is 35.5. The van der Waals surface area contributed by atoms with Crippen LogP contribution in [0.4, 0.5) is 15.8 Å². The molecule has 216 valence electrons. The number of hydrogen-bond donors (Lipinski definition) is 4. The Balaban J connectivity index is 1.57. The zero-order chi connectivity index (χ0) is 30.8. The molecule has 4 aromatic rings. The summed E-state index contributed by atoms with van der Waals surface area (Å²) in [7, 11) is 1.61. The third kappa shape index (κ3) is 6.48. The fourth-order valence-electron chi connectivity index (χ4n) is 4.45. The molecule has 1 atom stereocenters. The second-order valence-electron chi connectivity index (χ2n) is 11.0. The summed E-state index contributed by atoms with van der Waals surface area (Å²) in [4.78, 5) is 4.44. The number of nitrogens with one attached hydrogen (secondary N) is 4. The molecule has 1 aromatic heterocycles. The molecule has 0 aliphatic carbocycles. The Kier molecular flexibility index (Phi) is 7.95. The van der Waals surface area contributed by atoms with Crippen molar-refractivity contribution in [3.05, 3.63) is 94.4 Å². The number of fused-ring (bicyclic) bond motifs is 1. The molecule has 4 N–H and O–H groups in total. The summed E-state index contributed by atoms with van der Waals surface area (Å²) in [6.07, 6.45) is 1.50. The van der Waals surface area contributed by atoms with Crippen LogP contribution in [-0.4, -0.2) is 29.5 Å². The maximum absolute atomic E-state index is 14.0. The monoisotopic (exact) mass is 587 g/mol. The number of anilines is 2. The molecule has 5 rings (SSSR count). The summed E-state index contributed by atoms with van der Waals surface area (Å²) in [5.74, 6) is 0.580. The molecule has 3 aromatic carbocycles.